The van der Waals surface area contributed by atoms with E-state index in [0.717, 1.165) is 47.0 Å². The second-order valence-corrected chi connectivity index (χ2v) is 6.68. The Bertz CT molecular complexity index is 759. The van der Waals surface area contributed by atoms with Crippen LogP contribution < -0.4 is 5.43 Å². The van der Waals surface area contributed by atoms with E-state index < -0.39 is 0 Å². The van der Waals surface area contributed by atoms with E-state index in [1.807, 2.05) is 24.3 Å². The summed E-state index contributed by atoms with van der Waals surface area (Å²) in [4.78, 5) is 16.7. The van der Waals surface area contributed by atoms with Crippen LogP contribution in [0.25, 0.3) is 0 Å². The molecule has 4 nitrogen and oxygen atoms in total. The van der Waals surface area contributed by atoms with Crippen LogP contribution in [-0.4, -0.2) is 17.1 Å². The summed E-state index contributed by atoms with van der Waals surface area (Å²) in [6.45, 7) is 0. The lowest BCUT2D eigenvalue weighted by atomic mass is 9.92. The van der Waals surface area contributed by atoms with Crippen LogP contribution in [0.1, 0.15) is 40.0 Å². The van der Waals surface area contributed by atoms with Crippen molar-refractivity contribution < 1.29 is 4.79 Å². The predicted molar refractivity (Wildman–Crippen MR) is 95.1 cm³/mol. The molecule has 0 aliphatic heterocycles. The number of aryl methyl sites for hydroxylation is 1. The van der Waals surface area contributed by atoms with E-state index in [-0.39, 0.29) is 5.91 Å². The predicted octanol–water partition coefficient (Wildman–Crippen LogP) is 4.14. The average molecular weight is 393 g/mol. The summed E-state index contributed by atoms with van der Waals surface area (Å²) in [5, 5.41) is 4.38. The minimum Gasteiger partial charge on any atom is -0.267 e. The third-order valence-corrected chi connectivity index (χ3v) is 4.49. The first-order chi connectivity index (χ1) is 11.1. The molecule has 0 spiro atoms. The maximum Gasteiger partial charge on any atom is 0.271 e. The van der Waals surface area contributed by atoms with Crippen LogP contribution >= 0.6 is 27.5 Å². The van der Waals surface area contributed by atoms with Crippen molar-refractivity contribution in [2.75, 3.05) is 0 Å². The van der Waals surface area contributed by atoms with Gasteiger partial charge in [0.15, 0.2) is 0 Å². The van der Waals surface area contributed by atoms with Gasteiger partial charge in [0.05, 0.1) is 6.21 Å². The van der Waals surface area contributed by atoms with E-state index in [9.17, 15) is 4.79 Å². The monoisotopic (exact) mass is 391 g/mol. The van der Waals surface area contributed by atoms with Crippen LogP contribution in [0.2, 0.25) is 5.15 Å². The van der Waals surface area contributed by atoms with Gasteiger partial charge in [-0.2, -0.15) is 5.10 Å². The highest BCUT2D eigenvalue weighted by Crippen LogP contribution is 2.25. The Morgan fingerprint density at radius 2 is 2.00 bits per heavy atom. The Labute approximate surface area is 148 Å². The van der Waals surface area contributed by atoms with Crippen molar-refractivity contribution in [1.82, 2.24) is 10.4 Å². The lowest BCUT2D eigenvalue weighted by molar-refractivity contribution is 0.0953. The summed E-state index contributed by atoms with van der Waals surface area (Å²) in [6, 6.07) is 9.27. The van der Waals surface area contributed by atoms with Crippen LogP contribution in [0.3, 0.4) is 0 Å². The Morgan fingerprint density at radius 3 is 2.78 bits per heavy atom. The van der Waals surface area contributed by atoms with Crippen LogP contribution in [0.4, 0.5) is 0 Å². The number of hydrogen-bond acceptors (Lipinski definition) is 3. The topological polar surface area (TPSA) is 54.4 Å². The van der Waals surface area contributed by atoms with Crippen LogP contribution in [0, 0.1) is 0 Å². The largest absolute Gasteiger partial charge is 0.271 e. The minimum atomic E-state index is -0.249. The molecule has 1 aliphatic rings. The normalized spacial score (nSPS) is 13.8. The molecule has 1 aliphatic carbocycles. The maximum absolute atomic E-state index is 12.4. The van der Waals surface area contributed by atoms with Crippen molar-refractivity contribution in [2.24, 2.45) is 5.10 Å². The fourth-order valence-electron chi connectivity index (χ4n) is 2.65. The van der Waals surface area contributed by atoms with Crippen LogP contribution in [0.15, 0.2) is 39.9 Å². The van der Waals surface area contributed by atoms with Gasteiger partial charge in [-0.05, 0) is 55.0 Å². The molecule has 23 heavy (non-hydrogen) atoms. The van der Waals surface area contributed by atoms with Gasteiger partial charge in [-0.15, -0.1) is 0 Å². The summed E-state index contributed by atoms with van der Waals surface area (Å²) in [5.74, 6) is -0.249. The molecule has 1 heterocycles. The highest BCUT2D eigenvalue weighted by Gasteiger charge is 2.19. The van der Waals surface area contributed by atoms with Gasteiger partial charge in [0.2, 0.25) is 0 Å². The van der Waals surface area contributed by atoms with E-state index in [4.69, 9.17) is 11.6 Å². The lowest BCUT2D eigenvalue weighted by Gasteiger charge is -2.17. The fraction of sp³-hybridized carbons (Fsp3) is 0.235. The molecule has 3 rings (SSSR count). The van der Waals surface area contributed by atoms with E-state index in [2.05, 4.69) is 31.4 Å². The maximum atomic E-state index is 12.4. The molecular weight excluding hydrogens is 378 g/mol. The summed E-state index contributed by atoms with van der Waals surface area (Å²) in [6.07, 6.45) is 5.50. The second kappa shape index (κ2) is 7.23. The smallest absolute Gasteiger partial charge is 0.267 e. The fourth-order valence-corrected chi connectivity index (χ4v) is 3.12. The van der Waals surface area contributed by atoms with Crippen molar-refractivity contribution in [3.05, 3.63) is 62.3 Å². The number of nitrogens with one attached hydrogen (secondary N) is 1. The van der Waals surface area contributed by atoms with E-state index in [0.29, 0.717) is 10.7 Å². The molecule has 0 radical (unpaired) electrons. The van der Waals surface area contributed by atoms with E-state index >= 15 is 0 Å². The molecule has 0 saturated heterocycles. The SMILES string of the molecule is O=C(N/N=C/c1ccc(Br)cc1)c1cc(Cl)nc2c1CCCC2. The van der Waals surface area contributed by atoms with Crippen molar-refractivity contribution in [3.63, 3.8) is 0 Å². The summed E-state index contributed by atoms with van der Waals surface area (Å²) >= 11 is 9.41. The zero-order valence-electron chi connectivity index (χ0n) is 12.4. The highest BCUT2D eigenvalue weighted by atomic mass is 79.9. The van der Waals surface area contributed by atoms with Crippen molar-refractivity contribution >= 4 is 39.7 Å². The molecule has 6 heteroatoms. The standard InChI is InChI=1S/C17H15BrClN3O/c18-12-7-5-11(6-8-12)10-20-22-17(23)14-9-16(19)21-15-4-2-1-3-13(14)15/h5-10H,1-4H2,(H,22,23)/b20-10+. The number of rotatable bonds is 3. The number of pyridine rings is 1. The number of hydrogen-bond donors (Lipinski definition) is 1. The highest BCUT2D eigenvalue weighted by molar-refractivity contribution is 9.10. The summed E-state index contributed by atoms with van der Waals surface area (Å²) in [5.41, 5.74) is 5.99. The number of benzene rings is 1. The van der Waals surface area contributed by atoms with Crippen molar-refractivity contribution in [2.45, 2.75) is 25.7 Å². The first kappa shape index (κ1) is 16.1. The number of fused-ring (bicyclic) bond motifs is 1. The molecule has 1 aromatic carbocycles. The number of carbonyl (C=O) groups is 1. The first-order valence-electron chi connectivity index (χ1n) is 7.41. The van der Waals surface area contributed by atoms with Gasteiger partial charge >= 0.3 is 0 Å². The Balaban J connectivity index is 1.76. The summed E-state index contributed by atoms with van der Waals surface area (Å²) in [7, 11) is 0. The molecule has 1 aromatic heterocycles. The zero-order valence-corrected chi connectivity index (χ0v) is 14.7. The van der Waals surface area contributed by atoms with Gasteiger partial charge in [0.1, 0.15) is 5.15 Å². The van der Waals surface area contributed by atoms with Gasteiger partial charge in [-0.1, -0.05) is 39.7 Å². The molecule has 0 fully saturated rings. The number of halogens is 2. The first-order valence-corrected chi connectivity index (χ1v) is 8.58. The van der Waals surface area contributed by atoms with Crippen LogP contribution in [-0.2, 0) is 12.8 Å². The van der Waals surface area contributed by atoms with Gasteiger partial charge in [-0.25, -0.2) is 10.4 Å². The molecule has 1 N–H and O–H groups in total. The van der Waals surface area contributed by atoms with Gasteiger partial charge in [-0.3, -0.25) is 4.79 Å². The molecular formula is C17H15BrClN3O. The minimum absolute atomic E-state index is 0.249. The number of hydrazone groups is 1. The molecule has 2 aromatic rings. The van der Waals surface area contributed by atoms with E-state index in [1.54, 1.807) is 12.3 Å². The molecule has 0 atom stereocenters. The molecule has 0 unspecified atom stereocenters. The Morgan fingerprint density at radius 1 is 1.26 bits per heavy atom. The number of carbonyl (C=O) groups excluding carboxylic acids is 1. The van der Waals surface area contributed by atoms with E-state index in [1.165, 1.54) is 0 Å². The van der Waals surface area contributed by atoms with Gasteiger partial charge < -0.3 is 0 Å². The third-order valence-electron chi connectivity index (χ3n) is 3.76. The quantitative estimate of drug-likeness (QED) is 0.485. The molecule has 0 bridgehead atoms. The van der Waals surface area contributed by atoms with Gasteiger partial charge in [0, 0.05) is 15.7 Å². The molecule has 118 valence electrons. The molecule has 0 saturated carbocycles. The Kier molecular flexibility index (Phi) is 5.08. The summed E-state index contributed by atoms with van der Waals surface area (Å²) < 4.78 is 0.997. The van der Waals surface area contributed by atoms with Gasteiger partial charge in [0.25, 0.3) is 5.91 Å². The Hall–Kier alpha value is -1.72. The number of amides is 1. The zero-order chi connectivity index (χ0) is 16.2. The van der Waals surface area contributed by atoms with Crippen molar-refractivity contribution in [3.8, 4) is 0 Å². The lowest BCUT2D eigenvalue weighted by Crippen LogP contribution is -2.22. The molecule has 1 amide bonds. The van der Waals surface area contributed by atoms with Crippen molar-refractivity contribution in [1.29, 1.82) is 0 Å². The number of aromatic nitrogens is 1. The second-order valence-electron chi connectivity index (χ2n) is 5.38. The average Bonchev–Trinajstić information content (AvgIpc) is 2.55. The van der Waals surface area contributed by atoms with Crippen LogP contribution in [0.5, 0.6) is 0 Å². The third kappa shape index (κ3) is 3.98. The number of nitrogens with zero attached hydrogens (tertiary/aromatic N) is 2.